The van der Waals surface area contributed by atoms with Crippen LogP contribution in [0, 0.1) is 0 Å². The van der Waals surface area contributed by atoms with Crippen LogP contribution in [0.15, 0.2) is 59.2 Å². The van der Waals surface area contributed by atoms with Crippen molar-refractivity contribution < 1.29 is 14.7 Å². The maximum Gasteiger partial charge on any atom is 0.335 e. The van der Waals surface area contributed by atoms with E-state index in [4.69, 9.17) is 16.7 Å². The van der Waals surface area contributed by atoms with Crippen molar-refractivity contribution in [1.29, 1.82) is 0 Å². The molecule has 2 aromatic carbocycles. The molecule has 1 atom stereocenters. The number of rotatable bonds is 6. The van der Waals surface area contributed by atoms with Crippen molar-refractivity contribution in [1.82, 2.24) is 4.90 Å². The van der Waals surface area contributed by atoms with Crippen LogP contribution >= 0.6 is 11.6 Å². The van der Waals surface area contributed by atoms with Crippen molar-refractivity contribution in [2.75, 3.05) is 5.32 Å². The first-order valence-electron chi connectivity index (χ1n) is 9.97. The van der Waals surface area contributed by atoms with Gasteiger partial charge in [0.1, 0.15) is 11.3 Å². The van der Waals surface area contributed by atoms with Crippen molar-refractivity contribution in [2.24, 2.45) is 4.99 Å². The van der Waals surface area contributed by atoms with E-state index in [1.165, 1.54) is 0 Å². The zero-order valence-electron chi connectivity index (χ0n) is 16.6. The van der Waals surface area contributed by atoms with Gasteiger partial charge in [0.15, 0.2) is 0 Å². The number of hydrogen-bond acceptors (Lipinski definition) is 4. The molecule has 0 saturated carbocycles. The number of carbonyl (C=O) groups is 2. The summed E-state index contributed by atoms with van der Waals surface area (Å²) in [5, 5.41) is 12.4. The third-order valence-corrected chi connectivity index (χ3v) is 5.66. The summed E-state index contributed by atoms with van der Waals surface area (Å²) >= 11 is 6.58. The molecule has 0 aromatic heterocycles. The number of unbranched alkanes of at least 4 members (excludes halogenated alkanes) is 1. The van der Waals surface area contributed by atoms with Gasteiger partial charge in [-0.1, -0.05) is 55.3 Å². The summed E-state index contributed by atoms with van der Waals surface area (Å²) in [6.45, 7) is 2.59. The Morgan fingerprint density at radius 1 is 1.20 bits per heavy atom. The van der Waals surface area contributed by atoms with Gasteiger partial charge in [0, 0.05) is 17.8 Å². The molecule has 0 aliphatic carbocycles. The lowest BCUT2D eigenvalue weighted by atomic mass is 10.0. The van der Waals surface area contributed by atoms with E-state index in [1.807, 2.05) is 24.3 Å². The Balaban J connectivity index is 1.75. The molecule has 0 spiro atoms. The number of carbonyl (C=O) groups excluding carboxylic acids is 1. The van der Waals surface area contributed by atoms with E-state index < -0.39 is 5.97 Å². The summed E-state index contributed by atoms with van der Waals surface area (Å²) in [7, 11) is 0. The highest BCUT2D eigenvalue weighted by molar-refractivity contribution is 6.71. The topological polar surface area (TPSA) is 82.0 Å². The molecule has 4 rings (SSSR count). The average molecular weight is 424 g/mol. The van der Waals surface area contributed by atoms with Crippen LogP contribution in [0.25, 0.3) is 5.57 Å². The molecule has 0 bridgehead atoms. The van der Waals surface area contributed by atoms with Crippen LogP contribution in [-0.2, 0) is 11.3 Å². The minimum Gasteiger partial charge on any atom is -0.478 e. The van der Waals surface area contributed by atoms with Crippen molar-refractivity contribution in [3.05, 3.63) is 70.9 Å². The smallest absolute Gasteiger partial charge is 0.335 e. The maximum absolute atomic E-state index is 12.8. The zero-order valence-corrected chi connectivity index (χ0v) is 17.3. The Bertz CT molecular complexity index is 1060. The summed E-state index contributed by atoms with van der Waals surface area (Å²) in [6.07, 6.45) is 2.66. The molecule has 154 valence electrons. The van der Waals surface area contributed by atoms with E-state index in [9.17, 15) is 9.59 Å². The number of carboxylic acids is 1. The van der Waals surface area contributed by atoms with E-state index >= 15 is 0 Å². The standard InChI is InChI=1S/C23H22ClN3O3/c1-2-3-8-18-26-21(24)20(19-16-6-4-5-7-17(16)25-22(19)28)27(18)13-14-9-11-15(12-10-14)23(29)30/h4-7,9-12,18H,2-3,8,13H2,1H3,(H,25,28)(H,29,30). The quantitative estimate of drug-likeness (QED) is 0.659. The van der Waals surface area contributed by atoms with Crippen LogP contribution in [0.3, 0.4) is 0 Å². The first kappa shape index (κ1) is 20.2. The number of hydrogen-bond donors (Lipinski definition) is 2. The zero-order chi connectivity index (χ0) is 21.3. The highest BCUT2D eigenvalue weighted by Crippen LogP contribution is 2.39. The minimum atomic E-state index is -0.961. The van der Waals surface area contributed by atoms with Crippen LogP contribution in [0.2, 0.25) is 0 Å². The van der Waals surface area contributed by atoms with E-state index in [1.54, 1.807) is 24.3 Å². The van der Waals surface area contributed by atoms with Gasteiger partial charge in [0.05, 0.1) is 16.8 Å². The molecule has 6 nitrogen and oxygen atoms in total. The van der Waals surface area contributed by atoms with Gasteiger partial charge in [0.25, 0.3) is 5.91 Å². The molecule has 0 radical (unpaired) electrons. The first-order valence-corrected chi connectivity index (χ1v) is 10.3. The Morgan fingerprint density at radius 2 is 1.93 bits per heavy atom. The number of amides is 1. The SMILES string of the molecule is CCCCC1N=C(Cl)C(=C2C(=O)Nc3ccccc32)N1Cc1ccc(C(=O)O)cc1. The van der Waals surface area contributed by atoms with Crippen LogP contribution in [0.5, 0.6) is 0 Å². The molecule has 2 N–H and O–H groups in total. The second-order valence-electron chi connectivity index (χ2n) is 7.40. The maximum atomic E-state index is 12.8. The first-order chi connectivity index (χ1) is 14.5. The number of aromatic carboxylic acids is 1. The number of nitrogens with zero attached hydrogens (tertiary/aromatic N) is 2. The van der Waals surface area contributed by atoms with Crippen LogP contribution < -0.4 is 5.32 Å². The largest absolute Gasteiger partial charge is 0.478 e. The Labute approximate surface area is 179 Å². The number of aliphatic imine (C=N–C) groups is 1. The van der Waals surface area contributed by atoms with Gasteiger partial charge in [-0.25, -0.2) is 9.79 Å². The van der Waals surface area contributed by atoms with Crippen molar-refractivity contribution in [3.63, 3.8) is 0 Å². The van der Waals surface area contributed by atoms with Crippen LogP contribution in [-0.4, -0.2) is 33.2 Å². The number of nitrogens with one attached hydrogen (secondary N) is 1. The summed E-state index contributed by atoms with van der Waals surface area (Å²) in [4.78, 5) is 30.7. The molecule has 2 aliphatic rings. The molecule has 7 heteroatoms. The molecule has 30 heavy (non-hydrogen) atoms. The molecule has 2 aromatic rings. The summed E-state index contributed by atoms with van der Waals surface area (Å²) in [6, 6.07) is 14.3. The molecule has 2 aliphatic heterocycles. The van der Waals surface area contributed by atoms with E-state index in [-0.39, 0.29) is 17.6 Å². The lowest BCUT2D eigenvalue weighted by Gasteiger charge is -2.27. The van der Waals surface area contributed by atoms with Gasteiger partial charge in [-0.2, -0.15) is 0 Å². The summed E-state index contributed by atoms with van der Waals surface area (Å²) in [5.74, 6) is -1.15. The van der Waals surface area contributed by atoms with E-state index in [0.29, 0.717) is 23.0 Å². The molecule has 1 amide bonds. The van der Waals surface area contributed by atoms with Gasteiger partial charge in [-0.05, 0) is 36.6 Å². The van der Waals surface area contributed by atoms with E-state index in [2.05, 4.69) is 22.1 Å². The lowest BCUT2D eigenvalue weighted by molar-refractivity contribution is -0.110. The van der Waals surface area contributed by atoms with Gasteiger partial charge in [-0.3, -0.25) is 4.79 Å². The fourth-order valence-corrected chi connectivity index (χ4v) is 4.18. The molecular weight excluding hydrogens is 402 g/mol. The number of benzene rings is 2. The van der Waals surface area contributed by atoms with Crippen molar-refractivity contribution in [2.45, 2.75) is 38.9 Å². The van der Waals surface area contributed by atoms with Crippen LogP contribution in [0.1, 0.15) is 47.7 Å². The molecular formula is C23H22ClN3O3. The number of carboxylic acid groups (broad SMARTS) is 1. The average Bonchev–Trinajstić information content (AvgIpc) is 3.21. The monoisotopic (exact) mass is 423 g/mol. The highest BCUT2D eigenvalue weighted by Gasteiger charge is 2.37. The third kappa shape index (κ3) is 3.71. The van der Waals surface area contributed by atoms with E-state index in [0.717, 1.165) is 36.1 Å². The number of anilines is 1. The lowest BCUT2D eigenvalue weighted by Crippen LogP contribution is -2.30. The predicted molar refractivity (Wildman–Crippen MR) is 118 cm³/mol. The number of allylic oxidation sites excluding steroid dienone is 1. The molecule has 1 unspecified atom stereocenters. The molecule has 0 saturated heterocycles. The van der Waals surface area contributed by atoms with Gasteiger partial charge >= 0.3 is 5.97 Å². The highest BCUT2D eigenvalue weighted by atomic mass is 35.5. The minimum absolute atomic E-state index is 0.167. The number of fused-ring (bicyclic) bond motifs is 1. The summed E-state index contributed by atoms with van der Waals surface area (Å²) < 4.78 is 0. The second kappa shape index (κ2) is 8.32. The number of para-hydroxylation sites is 1. The van der Waals surface area contributed by atoms with Crippen LogP contribution in [0.4, 0.5) is 5.69 Å². The molecule has 2 heterocycles. The Morgan fingerprint density at radius 3 is 2.63 bits per heavy atom. The van der Waals surface area contributed by atoms with Crippen molar-refractivity contribution in [3.8, 4) is 0 Å². The van der Waals surface area contributed by atoms with Gasteiger partial charge in [-0.15, -0.1) is 0 Å². The fraction of sp³-hybridized carbons (Fsp3) is 0.261. The Kier molecular flexibility index (Phi) is 5.59. The number of halogens is 1. The van der Waals surface area contributed by atoms with Gasteiger partial charge < -0.3 is 15.3 Å². The Hall–Kier alpha value is -3.12. The normalized spacial score (nSPS) is 20.2. The molecule has 0 fully saturated rings. The fourth-order valence-electron chi connectivity index (χ4n) is 3.87. The summed E-state index contributed by atoms with van der Waals surface area (Å²) in [5.41, 5.74) is 3.89. The van der Waals surface area contributed by atoms with Gasteiger partial charge in [0.2, 0.25) is 0 Å². The predicted octanol–water partition coefficient (Wildman–Crippen LogP) is 4.72. The second-order valence-corrected chi connectivity index (χ2v) is 7.75. The van der Waals surface area contributed by atoms with Crippen molar-refractivity contribution >= 4 is 39.9 Å². The third-order valence-electron chi connectivity index (χ3n) is 5.38.